The molecule has 0 bridgehead atoms. The van der Waals surface area contributed by atoms with Gasteiger partial charge in [-0.3, -0.25) is 9.59 Å². The van der Waals surface area contributed by atoms with Gasteiger partial charge in [0.15, 0.2) is 0 Å². The van der Waals surface area contributed by atoms with Gasteiger partial charge >= 0.3 is 5.97 Å². The maximum absolute atomic E-state index is 12.4. The third kappa shape index (κ3) is 2.17. The Morgan fingerprint density at radius 2 is 1.53 bits per heavy atom. The number of hydrogen-bond donors (Lipinski definition) is 1. The summed E-state index contributed by atoms with van der Waals surface area (Å²) in [6.45, 7) is 4.14. The maximum Gasteiger partial charge on any atom is 0.307 e. The third-order valence-corrected chi connectivity index (χ3v) is 4.36. The summed E-state index contributed by atoms with van der Waals surface area (Å²) in [5, 5.41) is 9.01. The molecule has 1 N–H and O–H groups in total. The lowest BCUT2D eigenvalue weighted by atomic mass is 9.72. The first kappa shape index (κ1) is 12.4. The van der Waals surface area contributed by atoms with Crippen molar-refractivity contribution >= 4 is 11.9 Å². The van der Waals surface area contributed by atoms with Gasteiger partial charge in [0, 0.05) is 12.1 Å². The Kier molecular flexibility index (Phi) is 3.40. The van der Waals surface area contributed by atoms with E-state index in [2.05, 4.69) is 13.8 Å². The zero-order valence-corrected chi connectivity index (χ0v) is 10.6. The van der Waals surface area contributed by atoms with E-state index in [1.54, 1.807) is 0 Å². The molecule has 0 aromatic rings. The SMILES string of the molecule is CC1CCCC(C)N1C(=O)C1CCC1C(=O)O. The molecule has 4 nitrogen and oxygen atoms in total. The summed E-state index contributed by atoms with van der Waals surface area (Å²) >= 11 is 0. The minimum absolute atomic E-state index is 0.0725. The number of rotatable bonds is 2. The van der Waals surface area contributed by atoms with Crippen LogP contribution in [0.15, 0.2) is 0 Å². The summed E-state index contributed by atoms with van der Waals surface area (Å²) in [6, 6.07) is 0.530. The Labute approximate surface area is 102 Å². The molecule has 1 aliphatic heterocycles. The van der Waals surface area contributed by atoms with Crippen molar-refractivity contribution in [3.8, 4) is 0 Å². The molecule has 0 aromatic carbocycles. The second kappa shape index (κ2) is 4.67. The zero-order valence-electron chi connectivity index (χ0n) is 10.6. The van der Waals surface area contributed by atoms with Crippen LogP contribution in [0.4, 0.5) is 0 Å². The van der Waals surface area contributed by atoms with E-state index in [0.717, 1.165) is 19.3 Å². The minimum atomic E-state index is -0.813. The van der Waals surface area contributed by atoms with E-state index in [0.29, 0.717) is 6.42 Å². The van der Waals surface area contributed by atoms with Crippen molar-refractivity contribution in [3.63, 3.8) is 0 Å². The normalized spacial score (nSPS) is 37.4. The Morgan fingerprint density at radius 3 is 1.94 bits per heavy atom. The van der Waals surface area contributed by atoms with Crippen molar-refractivity contribution in [1.82, 2.24) is 4.90 Å². The van der Waals surface area contributed by atoms with Crippen molar-refractivity contribution in [3.05, 3.63) is 0 Å². The van der Waals surface area contributed by atoms with Gasteiger partial charge in [0.25, 0.3) is 0 Å². The third-order valence-electron chi connectivity index (χ3n) is 4.36. The molecular formula is C13H21NO3. The molecule has 1 saturated heterocycles. The fourth-order valence-corrected chi connectivity index (χ4v) is 3.14. The molecule has 0 radical (unpaired) electrons. The van der Waals surface area contributed by atoms with Crippen LogP contribution in [0.5, 0.6) is 0 Å². The Balaban J connectivity index is 2.06. The molecule has 1 heterocycles. The highest BCUT2D eigenvalue weighted by Gasteiger charge is 2.45. The largest absolute Gasteiger partial charge is 0.481 e. The summed E-state index contributed by atoms with van der Waals surface area (Å²) in [6.07, 6.45) is 4.65. The fourth-order valence-electron chi connectivity index (χ4n) is 3.14. The van der Waals surface area contributed by atoms with Crippen molar-refractivity contribution in [1.29, 1.82) is 0 Å². The lowest BCUT2D eigenvalue weighted by Crippen LogP contribution is -2.53. The van der Waals surface area contributed by atoms with E-state index in [1.165, 1.54) is 6.42 Å². The highest BCUT2D eigenvalue weighted by molar-refractivity contribution is 5.86. The van der Waals surface area contributed by atoms with E-state index in [9.17, 15) is 9.59 Å². The lowest BCUT2D eigenvalue weighted by molar-refractivity contribution is -0.159. The minimum Gasteiger partial charge on any atom is -0.481 e. The first-order valence-corrected chi connectivity index (χ1v) is 6.57. The number of carboxylic acids is 1. The number of nitrogens with zero attached hydrogens (tertiary/aromatic N) is 1. The average Bonchev–Trinajstić information content (AvgIpc) is 2.14. The van der Waals surface area contributed by atoms with Crippen LogP contribution < -0.4 is 0 Å². The van der Waals surface area contributed by atoms with Gasteiger partial charge in [-0.1, -0.05) is 0 Å². The van der Waals surface area contributed by atoms with Crippen LogP contribution in [0.2, 0.25) is 0 Å². The Morgan fingerprint density at radius 1 is 1.00 bits per heavy atom. The summed E-state index contributed by atoms with van der Waals surface area (Å²) < 4.78 is 0. The summed E-state index contributed by atoms with van der Waals surface area (Å²) in [4.78, 5) is 25.3. The van der Waals surface area contributed by atoms with Crippen LogP contribution in [-0.4, -0.2) is 34.0 Å². The van der Waals surface area contributed by atoms with E-state index in [1.807, 2.05) is 4.90 Å². The molecule has 4 unspecified atom stereocenters. The molecule has 1 aliphatic carbocycles. The molecule has 2 rings (SSSR count). The van der Waals surface area contributed by atoms with Gasteiger partial charge in [0.2, 0.25) is 5.91 Å². The van der Waals surface area contributed by atoms with Crippen LogP contribution in [0.3, 0.4) is 0 Å². The lowest BCUT2D eigenvalue weighted by Gasteiger charge is -2.44. The molecule has 1 amide bonds. The second-order valence-electron chi connectivity index (χ2n) is 5.50. The number of amides is 1. The summed E-state index contributed by atoms with van der Waals surface area (Å²) in [5.41, 5.74) is 0. The Hall–Kier alpha value is -1.06. The van der Waals surface area contributed by atoms with Crippen LogP contribution in [-0.2, 0) is 9.59 Å². The van der Waals surface area contributed by atoms with Gasteiger partial charge in [0.1, 0.15) is 0 Å². The molecule has 17 heavy (non-hydrogen) atoms. The predicted octanol–water partition coefficient (Wildman–Crippen LogP) is 1.89. The number of piperidine rings is 1. The van der Waals surface area contributed by atoms with Crippen molar-refractivity contribution in [2.75, 3.05) is 0 Å². The fraction of sp³-hybridized carbons (Fsp3) is 0.846. The van der Waals surface area contributed by atoms with Crippen LogP contribution in [0.25, 0.3) is 0 Å². The van der Waals surface area contributed by atoms with Crippen molar-refractivity contribution in [2.45, 2.75) is 58.0 Å². The van der Waals surface area contributed by atoms with Crippen LogP contribution >= 0.6 is 0 Å². The number of aliphatic carboxylic acids is 1. The monoisotopic (exact) mass is 239 g/mol. The first-order chi connectivity index (χ1) is 8.02. The Bertz CT molecular complexity index is 319. The quantitative estimate of drug-likeness (QED) is 0.800. The van der Waals surface area contributed by atoms with Gasteiger partial charge in [0.05, 0.1) is 11.8 Å². The molecule has 4 atom stereocenters. The molecule has 0 spiro atoms. The van der Waals surface area contributed by atoms with Gasteiger partial charge in [-0.05, 0) is 46.0 Å². The zero-order chi connectivity index (χ0) is 12.6. The second-order valence-corrected chi connectivity index (χ2v) is 5.50. The number of likely N-dealkylation sites (tertiary alicyclic amines) is 1. The smallest absolute Gasteiger partial charge is 0.307 e. The number of carboxylic acid groups (broad SMARTS) is 1. The molecule has 2 aliphatic rings. The molecule has 1 saturated carbocycles. The molecule has 96 valence electrons. The van der Waals surface area contributed by atoms with Crippen LogP contribution in [0.1, 0.15) is 46.0 Å². The van der Waals surface area contributed by atoms with Crippen molar-refractivity contribution in [2.24, 2.45) is 11.8 Å². The van der Waals surface area contributed by atoms with Gasteiger partial charge < -0.3 is 10.0 Å². The molecule has 4 heteroatoms. The highest BCUT2D eigenvalue weighted by atomic mass is 16.4. The molecule has 2 fully saturated rings. The topological polar surface area (TPSA) is 57.6 Å². The van der Waals surface area contributed by atoms with E-state index < -0.39 is 11.9 Å². The summed E-state index contributed by atoms with van der Waals surface area (Å²) in [7, 11) is 0. The number of hydrogen-bond acceptors (Lipinski definition) is 2. The van der Waals surface area contributed by atoms with Gasteiger partial charge in [-0.2, -0.15) is 0 Å². The number of carbonyl (C=O) groups is 2. The van der Waals surface area contributed by atoms with Gasteiger partial charge in [-0.25, -0.2) is 0 Å². The van der Waals surface area contributed by atoms with E-state index in [4.69, 9.17) is 5.11 Å². The van der Waals surface area contributed by atoms with E-state index >= 15 is 0 Å². The molecular weight excluding hydrogens is 218 g/mol. The van der Waals surface area contributed by atoms with Gasteiger partial charge in [-0.15, -0.1) is 0 Å². The predicted molar refractivity (Wildman–Crippen MR) is 63.5 cm³/mol. The van der Waals surface area contributed by atoms with E-state index in [-0.39, 0.29) is 23.9 Å². The summed E-state index contributed by atoms with van der Waals surface area (Å²) in [5.74, 6) is -1.45. The van der Waals surface area contributed by atoms with Crippen LogP contribution in [0, 0.1) is 11.8 Å². The van der Waals surface area contributed by atoms with Crippen molar-refractivity contribution < 1.29 is 14.7 Å². The number of carbonyl (C=O) groups excluding carboxylic acids is 1. The first-order valence-electron chi connectivity index (χ1n) is 6.57. The highest BCUT2D eigenvalue weighted by Crippen LogP contribution is 2.38. The standard InChI is InChI=1S/C13H21NO3/c1-8-4-3-5-9(2)14(8)12(15)10-6-7-11(10)13(16)17/h8-11H,3-7H2,1-2H3,(H,16,17). The average molecular weight is 239 g/mol. The molecule has 0 aromatic heterocycles. The maximum atomic E-state index is 12.4.